The number of benzene rings is 3. The van der Waals surface area contributed by atoms with Crippen molar-refractivity contribution >= 4 is 56.1 Å². The van der Waals surface area contributed by atoms with Crippen molar-refractivity contribution in [2.24, 2.45) is 0 Å². The maximum Gasteiger partial charge on any atom is 1.00 e. The molecular weight excluding hydrogens is 556 g/mol. The summed E-state index contributed by atoms with van der Waals surface area (Å²) in [7, 11) is -11.1. The molecule has 0 heterocycles. The Balaban J connectivity index is 0.00000363. The molecule has 0 saturated carbocycles. The van der Waals surface area contributed by atoms with E-state index in [0.717, 1.165) is 12.1 Å². The Labute approximate surface area is 269 Å². The summed E-state index contributed by atoms with van der Waals surface area (Å²) in [5.41, 5.74) is 0. The van der Waals surface area contributed by atoms with Crippen molar-refractivity contribution in [1.82, 2.24) is 0 Å². The van der Waals surface area contributed by atoms with Crippen LogP contribution in [0.15, 0.2) is 87.5 Å². The van der Waals surface area contributed by atoms with Crippen LogP contribution in [0.1, 0.15) is 0 Å². The smallest absolute Gasteiger partial charge is 0.744 e. The molecule has 0 radical (unpaired) electrons. The van der Waals surface area contributed by atoms with E-state index in [2.05, 4.69) is 9.37 Å². The molecule has 3 rings (SSSR count). The van der Waals surface area contributed by atoms with E-state index in [1.807, 2.05) is 0 Å². The SMILES string of the molecule is O=S(=O)([O-])c1cccc(P(c2cccc(SOO[O-])c2)c2cccc(S(=O)(=O)[O-])c2)c1.[Na+].[Na+].[Na+]. The summed E-state index contributed by atoms with van der Waals surface area (Å²) in [5, 5.41) is 14.9. The zero-order valence-electron chi connectivity index (χ0n) is 18.3. The molecule has 9 nitrogen and oxygen atoms in total. The quantitative estimate of drug-likeness (QED) is 0.0639. The van der Waals surface area contributed by atoms with Gasteiger partial charge in [-0.2, -0.15) is 4.33 Å². The molecule has 164 valence electrons. The normalized spacial score (nSPS) is 11.2. The van der Waals surface area contributed by atoms with Gasteiger partial charge in [0.05, 0.1) is 21.8 Å². The maximum absolute atomic E-state index is 11.5. The summed E-state index contributed by atoms with van der Waals surface area (Å²) in [6.45, 7) is 0. The fraction of sp³-hybridized carbons (Fsp3) is 0. The zero-order chi connectivity index (χ0) is 22.6. The number of hydrogen-bond donors (Lipinski definition) is 0. The zero-order valence-corrected chi connectivity index (χ0v) is 27.6. The molecule has 0 amide bonds. The summed E-state index contributed by atoms with van der Waals surface area (Å²) in [5.74, 6) is 0. The summed E-state index contributed by atoms with van der Waals surface area (Å²) >= 11 is 0.641. The van der Waals surface area contributed by atoms with E-state index < -0.39 is 37.9 Å². The molecule has 0 aliphatic heterocycles. The van der Waals surface area contributed by atoms with Crippen LogP contribution in [-0.2, 0) is 29.6 Å². The Morgan fingerprint density at radius 3 is 1.50 bits per heavy atom. The van der Waals surface area contributed by atoms with Crippen LogP contribution >= 0.6 is 20.0 Å². The first-order valence-electron chi connectivity index (χ1n) is 8.25. The second-order valence-electron chi connectivity index (χ2n) is 5.96. The molecule has 0 bridgehead atoms. The first-order valence-corrected chi connectivity index (χ1v) is 13.1. The molecule has 3 aromatic rings. The van der Waals surface area contributed by atoms with Gasteiger partial charge in [-0.3, -0.25) is 5.04 Å². The molecule has 0 aromatic heterocycles. The molecule has 0 spiro atoms. The molecule has 16 heteroatoms. The second-order valence-corrected chi connectivity index (χ2v) is 11.7. The van der Waals surface area contributed by atoms with Gasteiger partial charge in [0.25, 0.3) is 0 Å². The standard InChI is InChI=1S/C18H15O9PS3.3Na/c19-26-27-29-16-7-1-4-13(10-16)28(14-5-2-8-17(11-14)30(20,21)22)15-6-3-9-18(12-15)31(23,24)25;;;/h1-12,19H,(H,20,21,22)(H,23,24,25);;;/q;3*+1/p-3. The van der Waals surface area contributed by atoms with Gasteiger partial charge in [0, 0.05) is 4.90 Å². The van der Waals surface area contributed by atoms with Gasteiger partial charge in [0.1, 0.15) is 20.2 Å². The van der Waals surface area contributed by atoms with Gasteiger partial charge in [-0.15, -0.1) is 0 Å². The molecule has 0 aliphatic carbocycles. The van der Waals surface area contributed by atoms with E-state index in [0.29, 0.717) is 32.9 Å². The van der Waals surface area contributed by atoms with Gasteiger partial charge < -0.3 is 14.4 Å². The monoisotopic (exact) mass is 568 g/mol. The third-order valence-corrected chi connectivity index (χ3v) is 8.58. The van der Waals surface area contributed by atoms with E-state index in [4.69, 9.17) is 0 Å². The number of rotatable bonds is 8. The van der Waals surface area contributed by atoms with Crippen LogP contribution < -0.4 is 110 Å². The fourth-order valence-corrected chi connectivity index (χ4v) is 6.85. The molecule has 0 atom stereocenters. The third kappa shape index (κ3) is 9.79. The molecule has 0 aliphatic rings. The first kappa shape index (κ1) is 35.1. The van der Waals surface area contributed by atoms with Crippen molar-refractivity contribution in [3.05, 3.63) is 72.8 Å². The Morgan fingerprint density at radius 1 is 0.676 bits per heavy atom. The van der Waals surface area contributed by atoms with Crippen LogP contribution in [0.25, 0.3) is 0 Å². The molecule has 34 heavy (non-hydrogen) atoms. The van der Waals surface area contributed by atoms with Crippen LogP contribution in [0, 0.1) is 0 Å². The van der Waals surface area contributed by atoms with E-state index >= 15 is 0 Å². The van der Waals surface area contributed by atoms with E-state index in [1.165, 1.54) is 24.3 Å². The van der Waals surface area contributed by atoms with Gasteiger partial charge in [0.15, 0.2) is 0 Å². The van der Waals surface area contributed by atoms with Gasteiger partial charge in [-0.25, -0.2) is 16.8 Å². The third-order valence-electron chi connectivity index (χ3n) is 3.96. The van der Waals surface area contributed by atoms with Crippen LogP contribution in [0.5, 0.6) is 0 Å². The van der Waals surface area contributed by atoms with Crippen LogP contribution in [0.2, 0.25) is 0 Å². The van der Waals surface area contributed by atoms with Crippen LogP contribution in [-0.4, -0.2) is 25.9 Å². The molecule has 0 unspecified atom stereocenters. The predicted octanol–water partition coefficient (Wildman–Crippen LogP) is -8.50. The van der Waals surface area contributed by atoms with Crippen molar-refractivity contribution in [1.29, 1.82) is 0 Å². The molecule has 0 fully saturated rings. The Bertz CT molecular complexity index is 1230. The van der Waals surface area contributed by atoms with E-state index in [1.54, 1.807) is 36.4 Å². The van der Waals surface area contributed by atoms with E-state index in [9.17, 15) is 31.2 Å². The molecular formula is C18H12Na3O9PS3. The van der Waals surface area contributed by atoms with Gasteiger partial charge in [-0.1, -0.05) is 36.4 Å². The second kappa shape index (κ2) is 15.5. The van der Waals surface area contributed by atoms with Crippen molar-refractivity contribution in [2.75, 3.05) is 0 Å². The van der Waals surface area contributed by atoms with Crippen LogP contribution in [0.4, 0.5) is 0 Å². The van der Waals surface area contributed by atoms with Gasteiger partial charge in [0.2, 0.25) is 0 Å². The minimum atomic E-state index is -4.74. The molecule has 3 aromatic carbocycles. The van der Waals surface area contributed by atoms with Crippen molar-refractivity contribution < 1.29 is 129 Å². The minimum absolute atomic E-state index is 0. The van der Waals surface area contributed by atoms with Gasteiger partial charge >= 0.3 is 88.7 Å². The Kier molecular flexibility index (Phi) is 16.0. The van der Waals surface area contributed by atoms with E-state index in [-0.39, 0.29) is 88.7 Å². The van der Waals surface area contributed by atoms with Crippen molar-refractivity contribution in [2.45, 2.75) is 14.7 Å². The largest absolute Gasteiger partial charge is 1.00 e. The van der Waals surface area contributed by atoms with Crippen molar-refractivity contribution in [3.8, 4) is 0 Å². The summed E-state index contributed by atoms with van der Waals surface area (Å²) in [6, 6.07) is 17.3. The number of hydrogen-bond acceptors (Lipinski definition) is 10. The van der Waals surface area contributed by atoms with Gasteiger partial charge in [-0.05, 0) is 60.2 Å². The summed E-state index contributed by atoms with van der Waals surface area (Å²) in [4.78, 5) is -0.418. The topological polar surface area (TPSA) is 156 Å². The first-order chi connectivity index (χ1) is 14.6. The van der Waals surface area contributed by atoms with Crippen molar-refractivity contribution in [3.63, 3.8) is 0 Å². The summed E-state index contributed by atoms with van der Waals surface area (Å²) < 4.78 is 73.4. The Hall–Kier alpha value is 1.14. The Morgan fingerprint density at radius 2 is 1.09 bits per heavy atom. The molecule has 0 N–H and O–H groups in total. The average molecular weight is 568 g/mol. The average Bonchev–Trinajstić information content (AvgIpc) is 2.72. The predicted molar refractivity (Wildman–Crippen MR) is 109 cm³/mol. The maximum atomic E-state index is 11.5. The molecule has 0 saturated heterocycles. The minimum Gasteiger partial charge on any atom is -0.744 e. The van der Waals surface area contributed by atoms with Crippen LogP contribution in [0.3, 0.4) is 0 Å². The summed E-state index contributed by atoms with van der Waals surface area (Å²) in [6.07, 6.45) is 0. The fourth-order valence-electron chi connectivity index (χ4n) is 2.73.